The fourth-order valence-electron chi connectivity index (χ4n) is 2.09. The lowest BCUT2D eigenvalue weighted by Gasteiger charge is -2.12. The van der Waals surface area contributed by atoms with Gasteiger partial charge in [0, 0.05) is 12.1 Å². The standard InChI is InChI=1S/C17H20N2O5S/c1-12-5-7-14(8-6-12)25(20,21)19-18-11-15-16(23-3)9-13(22-2)10-17(15)24-4/h5-11,19H,1-4H3/b18-11-. The molecule has 0 aliphatic carbocycles. The molecular weight excluding hydrogens is 344 g/mol. The van der Waals surface area contributed by atoms with Gasteiger partial charge in [-0.25, -0.2) is 4.83 Å². The van der Waals surface area contributed by atoms with E-state index in [1.54, 1.807) is 24.3 Å². The second-order valence-electron chi connectivity index (χ2n) is 5.11. The van der Waals surface area contributed by atoms with Gasteiger partial charge in [0.25, 0.3) is 10.0 Å². The third kappa shape index (κ3) is 4.42. The SMILES string of the molecule is COc1cc(OC)c(/C=N\NS(=O)(=O)c2ccc(C)cc2)c(OC)c1. The molecule has 0 atom stereocenters. The molecule has 0 saturated heterocycles. The van der Waals surface area contributed by atoms with Crippen molar-refractivity contribution >= 4 is 16.2 Å². The van der Waals surface area contributed by atoms with Crippen molar-refractivity contribution in [3.63, 3.8) is 0 Å². The van der Waals surface area contributed by atoms with Gasteiger partial charge in [0.05, 0.1) is 38.0 Å². The second kappa shape index (κ2) is 7.89. The van der Waals surface area contributed by atoms with Crippen LogP contribution in [0.4, 0.5) is 0 Å². The molecule has 0 amide bonds. The van der Waals surface area contributed by atoms with Gasteiger partial charge in [-0.1, -0.05) is 17.7 Å². The minimum Gasteiger partial charge on any atom is -0.496 e. The lowest BCUT2D eigenvalue weighted by molar-refractivity contribution is 0.374. The Bertz CT molecular complexity index is 836. The van der Waals surface area contributed by atoms with E-state index < -0.39 is 10.0 Å². The number of aryl methyl sites for hydroxylation is 1. The van der Waals surface area contributed by atoms with Crippen molar-refractivity contribution < 1.29 is 22.6 Å². The van der Waals surface area contributed by atoms with Gasteiger partial charge in [-0.3, -0.25) is 0 Å². The van der Waals surface area contributed by atoms with Crippen molar-refractivity contribution in [2.75, 3.05) is 21.3 Å². The van der Waals surface area contributed by atoms with E-state index in [4.69, 9.17) is 14.2 Å². The molecule has 0 spiro atoms. The van der Waals surface area contributed by atoms with E-state index in [1.165, 1.54) is 39.7 Å². The van der Waals surface area contributed by atoms with Crippen LogP contribution >= 0.6 is 0 Å². The summed E-state index contributed by atoms with van der Waals surface area (Å²) in [5.74, 6) is 1.43. The third-order valence-corrected chi connectivity index (χ3v) is 4.69. The zero-order valence-electron chi connectivity index (χ0n) is 14.4. The molecule has 8 heteroatoms. The van der Waals surface area contributed by atoms with Crippen LogP contribution in [0.1, 0.15) is 11.1 Å². The molecule has 0 bridgehead atoms. The van der Waals surface area contributed by atoms with Crippen molar-refractivity contribution in [1.29, 1.82) is 0 Å². The van der Waals surface area contributed by atoms with E-state index in [2.05, 4.69) is 9.93 Å². The summed E-state index contributed by atoms with van der Waals surface area (Å²) in [5.41, 5.74) is 1.45. The fraction of sp³-hybridized carbons (Fsp3) is 0.235. The van der Waals surface area contributed by atoms with Crippen molar-refractivity contribution in [2.45, 2.75) is 11.8 Å². The Morgan fingerprint density at radius 2 is 1.52 bits per heavy atom. The van der Waals surface area contributed by atoms with Crippen LogP contribution in [0.25, 0.3) is 0 Å². The summed E-state index contributed by atoms with van der Waals surface area (Å²) < 4.78 is 40.2. The molecule has 7 nitrogen and oxygen atoms in total. The van der Waals surface area contributed by atoms with Crippen molar-refractivity contribution in [3.05, 3.63) is 47.5 Å². The number of ether oxygens (including phenoxy) is 3. The van der Waals surface area contributed by atoms with Gasteiger partial charge in [0.1, 0.15) is 17.2 Å². The first-order chi connectivity index (χ1) is 11.9. The van der Waals surface area contributed by atoms with E-state index in [9.17, 15) is 8.42 Å². The van der Waals surface area contributed by atoms with Crippen molar-refractivity contribution in [1.82, 2.24) is 4.83 Å². The number of nitrogens with zero attached hydrogens (tertiary/aromatic N) is 1. The second-order valence-corrected chi connectivity index (χ2v) is 6.77. The Morgan fingerprint density at radius 1 is 0.960 bits per heavy atom. The van der Waals surface area contributed by atoms with Crippen LogP contribution < -0.4 is 19.0 Å². The molecule has 2 aromatic rings. The highest BCUT2D eigenvalue weighted by atomic mass is 32.2. The molecule has 134 valence electrons. The molecule has 0 aliphatic rings. The molecule has 2 rings (SSSR count). The van der Waals surface area contributed by atoms with Crippen LogP contribution in [0.5, 0.6) is 17.2 Å². The summed E-state index contributed by atoms with van der Waals surface area (Å²) in [5, 5.41) is 3.82. The van der Waals surface area contributed by atoms with Crippen LogP contribution in [-0.2, 0) is 10.0 Å². The van der Waals surface area contributed by atoms with Gasteiger partial charge in [-0.15, -0.1) is 0 Å². The first-order valence-corrected chi connectivity index (χ1v) is 8.81. The van der Waals surface area contributed by atoms with Crippen LogP contribution in [0, 0.1) is 6.92 Å². The van der Waals surface area contributed by atoms with Crippen molar-refractivity contribution in [3.8, 4) is 17.2 Å². The fourth-order valence-corrected chi connectivity index (χ4v) is 2.88. The summed E-state index contributed by atoms with van der Waals surface area (Å²) >= 11 is 0. The molecule has 0 aromatic heterocycles. The smallest absolute Gasteiger partial charge is 0.276 e. The Balaban J connectivity index is 2.28. The maximum atomic E-state index is 12.2. The molecule has 0 unspecified atom stereocenters. The van der Waals surface area contributed by atoms with Gasteiger partial charge in [-0.05, 0) is 19.1 Å². The molecule has 1 N–H and O–H groups in total. The Labute approximate surface area is 147 Å². The number of hydrogen-bond donors (Lipinski definition) is 1. The zero-order chi connectivity index (χ0) is 18.4. The average Bonchev–Trinajstić information content (AvgIpc) is 2.61. The monoisotopic (exact) mass is 364 g/mol. The van der Waals surface area contributed by atoms with Gasteiger partial charge >= 0.3 is 0 Å². The summed E-state index contributed by atoms with van der Waals surface area (Å²) in [4.78, 5) is 2.30. The maximum Gasteiger partial charge on any atom is 0.276 e. The van der Waals surface area contributed by atoms with Gasteiger partial charge in [0.15, 0.2) is 0 Å². The van der Waals surface area contributed by atoms with E-state index in [-0.39, 0.29) is 4.90 Å². The molecule has 0 radical (unpaired) electrons. The number of sulfonamides is 1. The van der Waals surface area contributed by atoms with E-state index in [1.807, 2.05) is 6.92 Å². The first-order valence-electron chi connectivity index (χ1n) is 7.33. The van der Waals surface area contributed by atoms with Crippen LogP contribution in [-0.4, -0.2) is 36.0 Å². The summed E-state index contributed by atoms with van der Waals surface area (Å²) in [6, 6.07) is 9.77. The minimum atomic E-state index is -3.75. The summed E-state index contributed by atoms with van der Waals surface area (Å²) in [6.45, 7) is 1.88. The minimum absolute atomic E-state index is 0.129. The van der Waals surface area contributed by atoms with Gasteiger partial charge < -0.3 is 14.2 Å². The highest BCUT2D eigenvalue weighted by Crippen LogP contribution is 2.32. The number of nitrogens with one attached hydrogen (secondary N) is 1. The number of rotatable bonds is 7. The quantitative estimate of drug-likeness (QED) is 0.602. The lowest BCUT2D eigenvalue weighted by atomic mass is 10.2. The van der Waals surface area contributed by atoms with E-state index in [0.717, 1.165) is 5.56 Å². The van der Waals surface area contributed by atoms with Crippen LogP contribution in [0.3, 0.4) is 0 Å². The highest BCUT2D eigenvalue weighted by Gasteiger charge is 2.14. The Morgan fingerprint density at radius 3 is 2.00 bits per heavy atom. The maximum absolute atomic E-state index is 12.2. The largest absolute Gasteiger partial charge is 0.496 e. The predicted molar refractivity (Wildman–Crippen MR) is 95.2 cm³/mol. The normalized spacial score (nSPS) is 11.4. The Hall–Kier alpha value is -2.74. The average molecular weight is 364 g/mol. The summed E-state index contributed by atoms with van der Waals surface area (Å²) in [6.07, 6.45) is 1.32. The summed E-state index contributed by atoms with van der Waals surface area (Å²) in [7, 11) is 0.748. The molecule has 0 aliphatic heterocycles. The highest BCUT2D eigenvalue weighted by molar-refractivity contribution is 7.89. The van der Waals surface area contributed by atoms with Gasteiger partial charge in [-0.2, -0.15) is 13.5 Å². The topological polar surface area (TPSA) is 86.2 Å². The molecule has 0 heterocycles. The van der Waals surface area contributed by atoms with E-state index >= 15 is 0 Å². The van der Waals surface area contributed by atoms with Crippen LogP contribution in [0.15, 0.2) is 46.4 Å². The molecule has 0 fully saturated rings. The van der Waals surface area contributed by atoms with Crippen LogP contribution in [0.2, 0.25) is 0 Å². The molecular formula is C17H20N2O5S. The molecule has 25 heavy (non-hydrogen) atoms. The molecule has 0 saturated carbocycles. The predicted octanol–water partition coefficient (Wildman–Crippen LogP) is 2.33. The van der Waals surface area contributed by atoms with Crippen molar-refractivity contribution in [2.24, 2.45) is 5.10 Å². The Kier molecular flexibility index (Phi) is 5.87. The molecule has 2 aromatic carbocycles. The number of hydrazone groups is 1. The number of methoxy groups -OCH3 is 3. The third-order valence-electron chi connectivity index (χ3n) is 3.45. The van der Waals surface area contributed by atoms with E-state index in [0.29, 0.717) is 22.8 Å². The first kappa shape index (κ1) is 18.6. The zero-order valence-corrected chi connectivity index (χ0v) is 15.3. The number of hydrogen-bond acceptors (Lipinski definition) is 6. The number of benzene rings is 2. The lowest BCUT2D eigenvalue weighted by Crippen LogP contribution is -2.18. The van der Waals surface area contributed by atoms with Gasteiger partial charge in [0.2, 0.25) is 0 Å².